The van der Waals surface area contributed by atoms with Crippen LogP contribution in [0.2, 0.25) is 0 Å². The minimum atomic E-state index is -1.06. The predicted molar refractivity (Wildman–Crippen MR) is 75.0 cm³/mol. The van der Waals surface area contributed by atoms with Gasteiger partial charge in [0.25, 0.3) is 0 Å². The van der Waals surface area contributed by atoms with Gasteiger partial charge in [-0.1, -0.05) is 18.7 Å². The normalized spacial score (nSPS) is 14.1. The average Bonchev–Trinajstić information content (AvgIpc) is 3.18. The van der Waals surface area contributed by atoms with Crippen molar-refractivity contribution < 1.29 is 14.7 Å². The van der Waals surface area contributed by atoms with E-state index in [1.54, 1.807) is 6.92 Å². The molecule has 6 nitrogen and oxygen atoms in total. The third-order valence-corrected chi connectivity index (χ3v) is 3.89. The molecule has 0 bridgehead atoms. The molecule has 1 aliphatic rings. The first-order valence-electron chi connectivity index (χ1n) is 6.54. The van der Waals surface area contributed by atoms with Crippen LogP contribution in [0.3, 0.4) is 0 Å². The molecule has 2 rings (SSSR count). The van der Waals surface area contributed by atoms with Crippen LogP contribution in [0.4, 0.5) is 0 Å². The summed E-state index contributed by atoms with van der Waals surface area (Å²) in [6, 6.07) is 0.306. The number of rotatable bonds is 6. The van der Waals surface area contributed by atoms with Gasteiger partial charge in [-0.25, -0.2) is 14.8 Å². The number of thioether (sulfide) groups is 1. The van der Waals surface area contributed by atoms with Crippen molar-refractivity contribution in [2.45, 2.75) is 44.2 Å². The number of aromatic nitrogens is 2. The molecule has 1 aromatic heterocycles. The van der Waals surface area contributed by atoms with Gasteiger partial charge in [0.1, 0.15) is 16.4 Å². The Labute approximate surface area is 121 Å². The number of amides is 1. The van der Waals surface area contributed by atoms with Crippen LogP contribution >= 0.6 is 11.8 Å². The Morgan fingerprint density at radius 1 is 1.40 bits per heavy atom. The van der Waals surface area contributed by atoms with Gasteiger partial charge in [-0.3, -0.25) is 4.79 Å². The van der Waals surface area contributed by atoms with Crippen molar-refractivity contribution in [1.82, 2.24) is 15.3 Å². The molecule has 0 aromatic carbocycles. The molecule has 1 aliphatic carbocycles. The minimum absolute atomic E-state index is 0.0804. The zero-order valence-electron chi connectivity index (χ0n) is 11.5. The Kier molecular flexibility index (Phi) is 4.59. The molecule has 1 fully saturated rings. The molecule has 108 valence electrons. The molecular weight excluding hydrogens is 278 g/mol. The van der Waals surface area contributed by atoms with Crippen molar-refractivity contribution >= 4 is 23.6 Å². The van der Waals surface area contributed by atoms with E-state index in [1.807, 2.05) is 6.92 Å². The topological polar surface area (TPSA) is 92.2 Å². The molecule has 0 atom stereocenters. The fourth-order valence-electron chi connectivity index (χ4n) is 1.74. The van der Waals surface area contributed by atoms with E-state index in [9.17, 15) is 14.7 Å². The molecule has 0 aliphatic heterocycles. The van der Waals surface area contributed by atoms with Gasteiger partial charge in [0.05, 0.1) is 11.4 Å². The second kappa shape index (κ2) is 6.21. The van der Waals surface area contributed by atoms with Crippen LogP contribution in [-0.4, -0.2) is 38.7 Å². The van der Waals surface area contributed by atoms with E-state index in [4.69, 9.17) is 0 Å². The lowest BCUT2D eigenvalue weighted by Crippen LogP contribution is -2.27. The summed E-state index contributed by atoms with van der Waals surface area (Å²) >= 11 is 1.15. The van der Waals surface area contributed by atoms with Crippen molar-refractivity contribution in [2.24, 2.45) is 0 Å². The van der Waals surface area contributed by atoms with Gasteiger partial charge in [0.2, 0.25) is 5.91 Å². The van der Waals surface area contributed by atoms with E-state index in [0.29, 0.717) is 29.0 Å². The van der Waals surface area contributed by atoms with Crippen LogP contribution in [0, 0.1) is 6.92 Å². The Morgan fingerprint density at radius 2 is 2.10 bits per heavy atom. The van der Waals surface area contributed by atoms with Gasteiger partial charge in [0, 0.05) is 12.5 Å². The molecule has 7 heteroatoms. The predicted octanol–water partition coefficient (Wildman–Crippen LogP) is 1.42. The number of nitrogens with one attached hydrogen (secondary N) is 1. The molecule has 1 amide bonds. The number of carbonyl (C=O) groups excluding carboxylic acids is 1. The maximum atomic E-state index is 11.7. The van der Waals surface area contributed by atoms with E-state index in [1.165, 1.54) is 0 Å². The maximum absolute atomic E-state index is 11.7. The molecule has 1 saturated carbocycles. The molecule has 0 saturated heterocycles. The lowest BCUT2D eigenvalue weighted by Gasteiger charge is -2.09. The minimum Gasteiger partial charge on any atom is -0.478 e. The Balaban J connectivity index is 2.13. The number of nitrogens with zero attached hydrogens (tertiary/aromatic N) is 2. The van der Waals surface area contributed by atoms with Crippen molar-refractivity contribution in [1.29, 1.82) is 0 Å². The van der Waals surface area contributed by atoms with E-state index >= 15 is 0 Å². The molecular formula is C13H17N3O3S. The van der Waals surface area contributed by atoms with Gasteiger partial charge >= 0.3 is 5.97 Å². The average molecular weight is 295 g/mol. The lowest BCUT2D eigenvalue weighted by molar-refractivity contribution is -0.118. The van der Waals surface area contributed by atoms with E-state index in [2.05, 4.69) is 15.3 Å². The highest BCUT2D eigenvalue weighted by molar-refractivity contribution is 8.00. The van der Waals surface area contributed by atoms with Crippen molar-refractivity contribution in [3.05, 3.63) is 17.1 Å². The maximum Gasteiger partial charge on any atom is 0.340 e. The number of carboxylic acid groups (broad SMARTS) is 1. The monoisotopic (exact) mass is 295 g/mol. The SMILES string of the molecule is CCc1nc(C)c(C(=O)O)c(SCC(=O)NC2CC2)n1. The van der Waals surface area contributed by atoms with Crippen LogP contribution in [0.25, 0.3) is 0 Å². The van der Waals surface area contributed by atoms with Crippen molar-refractivity contribution in [2.75, 3.05) is 5.75 Å². The van der Waals surface area contributed by atoms with E-state index < -0.39 is 5.97 Å². The van der Waals surface area contributed by atoms with E-state index in [-0.39, 0.29) is 17.2 Å². The Bertz CT molecular complexity index is 544. The molecule has 0 unspecified atom stereocenters. The number of hydrogen-bond acceptors (Lipinski definition) is 5. The highest BCUT2D eigenvalue weighted by Crippen LogP contribution is 2.24. The number of aromatic carboxylic acids is 1. The van der Waals surface area contributed by atoms with Gasteiger partial charge in [-0.05, 0) is 19.8 Å². The summed E-state index contributed by atoms with van der Waals surface area (Å²) in [5.74, 6) is -0.368. The van der Waals surface area contributed by atoms with Gasteiger partial charge < -0.3 is 10.4 Å². The summed E-state index contributed by atoms with van der Waals surface area (Å²) in [6.45, 7) is 3.56. The molecule has 20 heavy (non-hydrogen) atoms. The lowest BCUT2D eigenvalue weighted by atomic mass is 10.2. The first kappa shape index (κ1) is 14.8. The summed E-state index contributed by atoms with van der Waals surface area (Å²) in [5.41, 5.74) is 0.529. The second-order valence-electron chi connectivity index (χ2n) is 4.69. The highest BCUT2D eigenvalue weighted by Gasteiger charge is 2.24. The fourth-order valence-corrected chi connectivity index (χ4v) is 2.64. The third-order valence-electron chi connectivity index (χ3n) is 2.92. The molecule has 1 heterocycles. The molecule has 0 radical (unpaired) electrons. The molecule has 0 spiro atoms. The van der Waals surface area contributed by atoms with Crippen LogP contribution in [0.15, 0.2) is 5.03 Å². The second-order valence-corrected chi connectivity index (χ2v) is 5.66. The standard InChI is InChI=1S/C13H17N3O3S/c1-3-9-14-7(2)11(13(18)19)12(16-9)20-6-10(17)15-8-4-5-8/h8H,3-6H2,1-2H3,(H,15,17)(H,18,19). The first-order chi connectivity index (χ1) is 9.51. The number of carboxylic acids is 1. The van der Waals surface area contributed by atoms with Gasteiger partial charge in [-0.15, -0.1) is 0 Å². The number of aryl methyl sites for hydroxylation is 2. The summed E-state index contributed by atoms with van der Waals surface area (Å²) in [4.78, 5) is 31.3. The zero-order valence-corrected chi connectivity index (χ0v) is 12.3. The van der Waals surface area contributed by atoms with Gasteiger partial charge in [-0.2, -0.15) is 0 Å². The largest absolute Gasteiger partial charge is 0.478 e. The molecule has 2 N–H and O–H groups in total. The molecule has 1 aromatic rings. The van der Waals surface area contributed by atoms with Crippen LogP contribution < -0.4 is 5.32 Å². The van der Waals surface area contributed by atoms with Crippen molar-refractivity contribution in [3.8, 4) is 0 Å². The smallest absolute Gasteiger partial charge is 0.340 e. The summed E-state index contributed by atoms with van der Waals surface area (Å²) in [6.07, 6.45) is 2.69. The fraction of sp³-hybridized carbons (Fsp3) is 0.538. The van der Waals surface area contributed by atoms with Crippen LogP contribution in [-0.2, 0) is 11.2 Å². The quantitative estimate of drug-likeness (QED) is 0.609. The Hall–Kier alpha value is -1.63. The van der Waals surface area contributed by atoms with Crippen molar-refractivity contribution in [3.63, 3.8) is 0 Å². The number of hydrogen-bond donors (Lipinski definition) is 2. The highest BCUT2D eigenvalue weighted by atomic mass is 32.2. The van der Waals surface area contributed by atoms with E-state index in [0.717, 1.165) is 24.6 Å². The van der Waals surface area contributed by atoms with Crippen LogP contribution in [0.1, 0.15) is 41.6 Å². The zero-order chi connectivity index (χ0) is 14.7. The third kappa shape index (κ3) is 3.69. The van der Waals surface area contributed by atoms with Gasteiger partial charge in [0.15, 0.2) is 0 Å². The summed E-state index contributed by atoms with van der Waals surface area (Å²) in [7, 11) is 0. The first-order valence-corrected chi connectivity index (χ1v) is 7.52. The Morgan fingerprint density at radius 3 is 2.65 bits per heavy atom. The summed E-state index contributed by atoms with van der Waals surface area (Å²) in [5, 5.41) is 12.5. The van der Waals surface area contributed by atoms with Crippen LogP contribution in [0.5, 0.6) is 0 Å². The number of carbonyl (C=O) groups is 2. The summed E-state index contributed by atoms with van der Waals surface area (Å²) < 4.78 is 0.